The van der Waals surface area contributed by atoms with Gasteiger partial charge in [0.2, 0.25) is 0 Å². The SMILES string of the molecule is c1ncc2c(n1)-c1c[nH]cc1-2. The highest BCUT2D eigenvalue weighted by atomic mass is 14.8. The molecule has 0 fully saturated rings. The fourth-order valence-electron chi connectivity index (χ4n) is 1.46. The lowest BCUT2D eigenvalue weighted by Crippen LogP contribution is -1.98. The summed E-state index contributed by atoms with van der Waals surface area (Å²) in [5, 5.41) is 0. The Labute approximate surface area is 63.1 Å². The number of nitrogens with one attached hydrogen (secondary N) is 1. The molecule has 0 bridgehead atoms. The van der Waals surface area contributed by atoms with Gasteiger partial charge in [-0.3, -0.25) is 0 Å². The molecule has 0 saturated heterocycles. The Bertz CT molecular complexity index is 379. The summed E-state index contributed by atoms with van der Waals surface area (Å²) in [5.41, 5.74) is 4.67. The Kier molecular flexibility index (Phi) is 0.692. The van der Waals surface area contributed by atoms with Crippen LogP contribution in [0.25, 0.3) is 22.4 Å². The zero-order valence-corrected chi connectivity index (χ0v) is 5.70. The molecule has 52 valence electrons. The number of aromatic nitrogens is 3. The first-order valence-corrected chi connectivity index (χ1v) is 3.44. The van der Waals surface area contributed by atoms with Gasteiger partial charge < -0.3 is 4.98 Å². The average Bonchev–Trinajstić information content (AvgIpc) is 2.44. The van der Waals surface area contributed by atoms with Crippen molar-refractivity contribution in [3.8, 4) is 22.4 Å². The van der Waals surface area contributed by atoms with Gasteiger partial charge in [-0.25, -0.2) is 9.97 Å². The van der Waals surface area contributed by atoms with Crippen molar-refractivity contribution in [1.82, 2.24) is 15.0 Å². The van der Waals surface area contributed by atoms with Crippen molar-refractivity contribution >= 4 is 0 Å². The first kappa shape index (κ1) is 5.07. The van der Waals surface area contributed by atoms with E-state index in [-0.39, 0.29) is 0 Å². The summed E-state index contributed by atoms with van der Waals surface area (Å²) in [6.45, 7) is 0. The first-order valence-electron chi connectivity index (χ1n) is 3.44. The summed E-state index contributed by atoms with van der Waals surface area (Å²) in [4.78, 5) is 11.1. The third kappa shape index (κ3) is 0.452. The van der Waals surface area contributed by atoms with E-state index in [2.05, 4.69) is 15.0 Å². The van der Waals surface area contributed by atoms with Crippen LogP contribution in [0.15, 0.2) is 24.9 Å². The molecule has 0 aromatic carbocycles. The Balaban J connectivity index is 2.38. The monoisotopic (exact) mass is 143 g/mol. The Morgan fingerprint density at radius 1 is 1.09 bits per heavy atom. The van der Waals surface area contributed by atoms with Crippen molar-refractivity contribution in [2.24, 2.45) is 0 Å². The van der Waals surface area contributed by atoms with Crippen LogP contribution >= 0.6 is 0 Å². The second-order valence-electron chi connectivity index (χ2n) is 2.57. The van der Waals surface area contributed by atoms with Crippen molar-refractivity contribution in [2.75, 3.05) is 0 Å². The predicted octanol–water partition coefficient (Wildman–Crippen LogP) is 1.45. The second-order valence-corrected chi connectivity index (χ2v) is 2.57. The van der Waals surface area contributed by atoms with Gasteiger partial charge in [0.25, 0.3) is 0 Å². The van der Waals surface area contributed by atoms with E-state index in [1.807, 2.05) is 18.6 Å². The van der Waals surface area contributed by atoms with Crippen LogP contribution in [-0.4, -0.2) is 15.0 Å². The van der Waals surface area contributed by atoms with Crippen LogP contribution in [0, 0.1) is 0 Å². The summed E-state index contributed by atoms with van der Waals surface area (Å²) < 4.78 is 0. The molecule has 3 rings (SSSR count). The number of hydrogen-bond acceptors (Lipinski definition) is 2. The largest absolute Gasteiger partial charge is 0.366 e. The van der Waals surface area contributed by atoms with E-state index in [9.17, 15) is 0 Å². The van der Waals surface area contributed by atoms with E-state index < -0.39 is 0 Å². The predicted molar refractivity (Wildman–Crippen MR) is 40.8 cm³/mol. The van der Waals surface area contributed by atoms with Gasteiger partial charge in [0.15, 0.2) is 0 Å². The van der Waals surface area contributed by atoms with E-state index in [1.54, 1.807) is 6.33 Å². The Hall–Kier alpha value is -1.64. The molecule has 2 aromatic rings. The summed E-state index contributed by atoms with van der Waals surface area (Å²) in [6, 6.07) is 0. The van der Waals surface area contributed by atoms with Gasteiger partial charge in [0.05, 0.1) is 5.69 Å². The van der Waals surface area contributed by atoms with Crippen molar-refractivity contribution in [2.45, 2.75) is 0 Å². The van der Waals surface area contributed by atoms with Gasteiger partial charge in [0, 0.05) is 35.3 Å². The molecule has 2 aromatic heterocycles. The van der Waals surface area contributed by atoms with Crippen LogP contribution in [0.1, 0.15) is 0 Å². The number of hydrogen-bond donors (Lipinski definition) is 1. The standard InChI is InChI=1S/C8H5N3/c1-5-6(2-9-1)8-7(5)3-10-4-11-8/h1-4,9H. The van der Waals surface area contributed by atoms with Crippen LogP contribution in [0.3, 0.4) is 0 Å². The molecule has 1 N–H and O–H groups in total. The van der Waals surface area contributed by atoms with Gasteiger partial charge in [0.1, 0.15) is 6.33 Å². The highest BCUT2D eigenvalue weighted by Gasteiger charge is 2.23. The molecule has 1 aliphatic carbocycles. The smallest absolute Gasteiger partial charge is 0.116 e. The second kappa shape index (κ2) is 1.50. The minimum absolute atomic E-state index is 1.07. The minimum atomic E-state index is 1.07. The summed E-state index contributed by atoms with van der Waals surface area (Å²) >= 11 is 0. The molecule has 0 aliphatic heterocycles. The highest BCUT2D eigenvalue weighted by molar-refractivity contribution is 5.99. The molecular weight excluding hydrogens is 138 g/mol. The molecule has 2 heterocycles. The fourth-order valence-corrected chi connectivity index (χ4v) is 1.46. The molecule has 3 heteroatoms. The van der Waals surface area contributed by atoms with Gasteiger partial charge >= 0.3 is 0 Å². The lowest BCUT2D eigenvalue weighted by molar-refractivity contribution is 1.16. The van der Waals surface area contributed by atoms with E-state index in [0.717, 1.165) is 11.3 Å². The molecule has 11 heavy (non-hydrogen) atoms. The number of nitrogens with zero attached hydrogens (tertiary/aromatic N) is 2. The molecule has 1 aliphatic rings. The van der Waals surface area contributed by atoms with Crippen molar-refractivity contribution < 1.29 is 0 Å². The zero-order valence-electron chi connectivity index (χ0n) is 5.70. The molecule has 0 atom stereocenters. The molecule has 0 amide bonds. The Morgan fingerprint density at radius 3 is 3.00 bits per heavy atom. The van der Waals surface area contributed by atoms with Crippen LogP contribution in [0.2, 0.25) is 0 Å². The fraction of sp³-hybridized carbons (Fsp3) is 0. The third-order valence-corrected chi connectivity index (χ3v) is 2.00. The summed E-state index contributed by atoms with van der Waals surface area (Å²) in [7, 11) is 0. The van der Waals surface area contributed by atoms with E-state index in [0.29, 0.717) is 0 Å². The minimum Gasteiger partial charge on any atom is -0.366 e. The molecule has 0 radical (unpaired) electrons. The molecule has 0 unspecified atom stereocenters. The average molecular weight is 143 g/mol. The van der Waals surface area contributed by atoms with Crippen LogP contribution in [0.4, 0.5) is 0 Å². The van der Waals surface area contributed by atoms with Crippen LogP contribution in [-0.2, 0) is 0 Å². The summed E-state index contributed by atoms with van der Waals surface area (Å²) in [5.74, 6) is 0. The number of aromatic amines is 1. The van der Waals surface area contributed by atoms with Crippen LogP contribution < -0.4 is 0 Å². The van der Waals surface area contributed by atoms with Crippen LogP contribution in [0.5, 0.6) is 0 Å². The third-order valence-electron chi connectivity index (χ3n) is 2.00. The van der Waals surface area contributed by atoms with Gasteiger partial charge in [-0.15, -0.1) is 0 Å². The molecule has 3 nitrogen and oxygen atoms in total. The van der Waals surface area contributed by atoms with E-state index >= 15 is 0 Å². The van der Waals surface area contributed by atoms with Crippen molar-refractivity contribution in [3.05, 3.63) is 24.9 Å². The molecule has 0 spiro atoms. The zero-order chi connectivity index (χ0) is 7.26. The van der Waals surface area contributed by atoms with Gasteiger partial charge in [-0.1, -0.05) is 0 Å². The lowest BCUT2D eigenvalue weighted by atomic mass is 9.90. The summed E-state index contributed by atoms with van der Waals surface area (Å²) in [6.07, 6.45) is 7.36. The molecule has 0 saturated carbocycles. The highest BCUT2D eigenvalue weighted by Crippen LogP contribution is 2.44. The van der Waals surface area contributed by atoms with Gasteiger partial charge in [-0.05, 0) is 0 Å². The van der Waals surface area contributed by atoms with Gasteiger partial charge in [-0.2, -0.15) is 0 Å². The Morgan fingerprint density at radius 2 is 2.00 bits per heavy atom. The molecular formula is C8H5N3. The normalized spacial score (nSPS) is 11.6. The van der Waals surface area contributed by atoms with E-state index in [4.69, 9.17) is 0 Å². The maximum absolute atomic E-state index is 4.15. The maximum atomic E-state index is 4.15. The number of rotatable bonds is 0. The van der Waals surface area contributed by atoms with Crippen molar-refractivity contribution in [3.63, 3.8) is 0 Å². The maximum Gasteiger partial charge on any atom is 0.116 e. The first-order chi connectivity index (χ1) is 5.47. The van der Waals surface area contributed by atoms with E-state index in [1.165, 1.54) is 11.1 Å². The quantitative estimate of drug-likeness (QED) is 0.517. The van der Waals surface area contributed by atoms with Crippen molar-refractivity contribution in [1.29, 1.82) is 0 Å². The number of H-pyrrole nitrogens is 1. The topological polar surface area (TPSA) is 41.6 Å². The number of fused-ring (bicyclic) bond motifs is 4. The lowest BCUT2D eigenvalue weighted by Gasteiger charge is -2.15.